The Kier molecular flexibility index (Phi) is 14.6. The van der Waals surface area contributed by atoms with Gasteiger partial charge in [0.2, 0.25) is 5.91 Å². The Hall–Kier alpha value is -5.44. The van der Waals surface area contributed by atoms with Crippen LogP contribution in [0.15, 0.2) is 97.1 Å². The number of rotatable bonds is 19. The highest BCUT2D eigenvalue weighted by atomic mass is 16.6. The van der Waals surface area contributed by atoms with Crippen molar-refractivity contribution in [1.29, 1.82) is 0 Å². The van der Waals surface area contributed by atoms with Gasteiger partial charge in [-0.3, -0.25) is 14.4 Å². The molecule has 0 aliphatic rings. The molecule has 9 nitrogen and oxygen atoms in total. The van der Waals surface area contributed by atoms with Crippen molar-refractivity contribution in [3.63, 3.8) is 0 Å². The van der Waals surface area contributed by atoms with Crippen LogP contribution in [0.5, 0.6) is 17.2 Å². The molecule has 0 aliphatic carbocycles. The molecular weight excluding hydrogens is 632 g/mol. The minimum Gasteiger partial charge on any atom is -0.494 e. The Labute approximate surface area is 294 Å². The molecule has 2 N–H and O–H groups in total. The number of carbonyl (C=O) groups is 4. The number of unbranched alkanes of at least 4 members (excludes halogenated alkanes) is 4. The van der Waals surface area contributed by atoms with Gasteiger partial charge in [0.25, 0.3) is 5.91 Å². The molecule has 0 aliphatic heterocycles. The van der Waals surface area contributed by atoms with Crippen molar-refractivity contribution < 1.29 is 33.4 Å². The summed E-state index contributed by atoms with van der Waals surface area (Å²) in [5, 5.41) is 5.65. The maximum absolute atomic E-state index is 13.1. The number of hydrogen-bond donors (Lipinski definition) is 2. The molecule has 0 fully saturated rings. The summed E-state index contributed by atoms with van der Waals surface area (Å²) < 4.78 is 16.9. The fraction of sp³-hybridized carbons (Fsp3) is 0.317. The average Bonchev–Trinajstić information content (AvgIpc) is 3.13. The molecule has 0 heterocycles. The van der Waals surface area contributed by atoms with Crippen molar-refractivity contribution >= 4 is 29.3 Å². The molecular formula is C41H46N2O7. The maximum atomic E-state index is 13.1. The number of ketones is 1. The van der Waals surface area contributed by atoms with E-state index in [0.717, 1.165) is 18.4 Å². The van der Waals surface area contributed by atoms with Crippen LogP contribution in [0.4, 0.5) is 5.69 Å². The summed E-state index contributed by atoms with van der Waals surface area (Å²) in [7, 11) is 1.46. The number of hydrogen-bond acceptors (Lipinski definition) is 7. The van der Waals surface area contributed by atoms with Crippen LogP contribution in [-0.4, -0.2) is 43.3 Å². The normalized spacial score (nSPS) is 11.3. The van der Waals surface area contributed by atoms with Crippen molar-refractivity contribution in [3.8, 4) is 17.2 Å². The van der Waals surface area contributed by atoms with Gasteiger partial charge in [0.05, 0.1) is 25.3 Å². The molecule has 4 aromatic carbocycles. The topological polar surface area (TPSA) is 120 Å². The summed E-state index contributed by atoms with van der Waals surface area (Å²) in [5.41, 5.74) is 3.07. The lowest BCUT2D eigenvalue weighted by Gasteiger charge is -2.17. The van der Waals surface area contributed by atoms with Crippen molar-refractivity contribution in [2.45, 2.75) is 71.3 Å². The highest BCUT2D eigenvalue weighted by Crippen LogP contribution is 2.30. The molecule has 0 bridgehead atoms. The van der Waals surface area contributed by atoms with Crippen LogP contribution in [0.2, 0.25) is 0 Å². The number of anilines is 1. The molecule has 0 aromatic heterocycles. The molecule has 50 heavy (non-hydrogen) atoms. The highest BCUT2D eigenvalue weighted by Gasteiger charge is 2.21. The van der Waals surface area contributed by atoms with Crippen LogP contribution in [0.25, 0.3) is 0 Å². The number of nitrogens with one attached hydrogen (secondary N) is 2. The summed E-state index contributed by atoms with van der Waals surface area (Å²) in [5.74, 6) is -0.0809. The number of benzene rings is 4. The third kappa shape index (κ3) is 11.9. The van der Waals surface area contributed by atoms with E-state index in [9.17, 15) is 19.2 Å². The first kappa shape index (κ1) is 37.4. The first-order valence-electron chi connectivity index (χ1n) is 17.1. The van der Waals surface area contributed by atoms with E-state index in [1.165, 1.54) is 33.3 Å². The van der Waals surface area contributed by atoms with Crippen molar-refractivity contribution in [1.82, 2.24) is 5.32 Å². The molecule has 4 rings (SSSR count). The Morgan fingerprint density at radius 3 is 2.12 bits per heavy atom. The number of carbonyl (C=O) groups excluding carboxylic acids is 4. The smallest absolute Gasteiger partial charge is 0.343 e. The standard InChI is InChI=1S/C41H46N2O7/c1-4-5-6-7-11-26-49-35-22-18-33(19-23-35)41(47)50-37-24-14-31(28-38(37)48-3)27-36(29(2)44)43-40(46)32-16-20-34(21-17-32)42-39(45)25-15-30-12-9-8-10-13-30/h8-10,12-14,16-24,28,36H,4-7,11,15,25-27H2,1-3H3,(H,42,45)(H,43,46). The number of methoxy groups -OCH3 is 1. The van der Waals surface area contributed by atoms with Gasteiger partial charge in [0.1, 0.15) is 5.75 Å². The molecule has 262 valence electrons. The van der Waals surface area contributed by atoms with Gasteiger partial charge in [-0.2, -0.15) is 0 Å². The quantitative estimate of drug-likeness (QED) is 0.0591. The fourth-order valence-corrected chi connectivity index (χ4v) is 5.27. The first-order chi connectivity index (χ1) is 24.2. The van der Waals surface area contributed by atoms with E-state index in [1.54, 1.807) is 66.7 Å². The van der Waals surface area contributed by atoms with Crippen molar-refractivity contribution in [2.75, 3.05) is 19.0 Å². The van der Waals surface area contributed by atoms with E-state index in [1.807, 2.05) is 30.3 Å². The van der Waals surface area contributed by atoms with Crippen molar-refractivity contribution in [3.05, 3.63) is 119 Å². The van der Waals surface area contributed by atoms with Gasteiger partial charge in [-0.15, -0.1) is 0 Å². The molecule has 9 heteroatoms. The van der Waals surface area contributed by atoms with Crippen LogP contribution >= 0.6 is 0 Å². The summed E-state index contributed by atoms with van der Waals surface area (Å²) >= 11 is 0. The minimum atomic E-state index is -0.810. The van der Waals surface area contributed by atoms with E-state index in [4.69, 9.17) is 14.2 Å². The number of aryl methyl sites for hydroxylation is 1. The van der Waals surface area contributed by atoms with Crippen LogP contribution in [-0.2, 0) is 22.4 Å². The van der Waals surface area contributed by atoms with Crippen LogP contribution in [0.1, 0.15) is 84.2 Å². The summed E-state index contributed by atoms with van der Waals surface area (Å²) in [4.78, 5) is 50.9. The van der Waals surface area contributed by atoms with Gasteiger partial charge in [0, 0.05) is 17.7 Å². The number of ether oxygens (including phenoxy) is 3. The summed E-state index contributed by atoms with van der Waals surface area (Å²) in [6, 6.07) is 27.3. The lowest BCUT2D eigenvalue weighted by atomic mass is 10.0. The Bertz CT molecular complexity index is 1700. The highest BCUT2D eigenvalue weighted by molar-refractivity contribution is 5.98. The lowest BCUT2D eigenvalue weighted by molar-refractivity contribution is -0.119. The molecule has 2 amide bonds. The Morgan fingerprint density at radius 2 is 1.44 bits per heavy atom. The molecule has 4 aromatic rings. The van der Waals surface area contributed by atoms with E-state index in [-0.39, 0.29) is 23.9 Å². The van der Waals surface area contributed by atoms with Gasteiger partial charge in [-0.1, -0.05) is 69.0 Å². The first-order valence-corrected chi connectivity index (χ1v) is 17.1. The molecule has 1 unspecified atom stereocenters. The van der Waals surface area contributed by atoms with E-state index in [0.29, 0.717) is 53.3 Å². The second-order valence-corrected chi connectivity index (χ2v) is 12.1. The fourth-order valence-electron chi connectivity index (χ4n) is 5.27. The van der Waals surface area contributed by atoms with E-state index in [2.05, 4.69) is 17.6 Å². The second-order valence-electron chi connectivity index (χ2n) is 12.1. The van der Waals surface area contributed by atoms with Crippen LogP contribution in [0.3, 0.4) is 0 Å². The predicted molar refractivity (Wildman–Crippen MR) is 194 cm³/mol. The summed E-state index contributed by atoms with van der Waals surface area (Å²) in [6.45, 7) is 4.23. The van der Waals surface area contributed by atoms with Gasteiger partial charge < -0.3 is 24.8 Å². The van der Waals surface area contributed by atoms with Gasteiger partial charge in [-0.05, 0) is 98.0 Å². The van der Waals surface area contributed by atoms with Gasteiger partial charge in [-0.25, -0.2) is 4.79 Å². The molecule has 0 saturated carbocycles. The molecule has 0 spiro atoms. The number of esters is 1. The van der Waals surface area contributed by atoms with Gasteiger partial charge >= 0.3 is 5.97 Å². The van der Waals surface area contributed by atoms with Crippen LogP contribution < -0.4 is 24.8 Å². The maximum Gasteiger partial charge on any atom is 0.343 e. The third-order valence-electron chi connectivity index (χ3n) is 8.19. The largest absolute Gasteiger partial charge is 0.494 e. The minimum absolute atomic E-state index is 0.123. The van der Waals surface area contributed by atoms with Crippen LogP contribution in [0, 0.1) is 0 Å². The molecule has 1 atom stereocenters. The zero-order valence-corrected chi connectivity index (χ0v) is 29.0. The van der Waals surface area contributed by atoms with Crippen molar-refractivity contribution in [2.24, 2.45) is 0 Å². The summed E-state index contributed by atoms with van der Waals surface area (Å²) in [6.07, 6.45) is 6.93. The SMILES string of the molecule is CCCCCCCOc1ccc(C(=O)Oc2ccc(CC(NC(=O)c3ccc(NC(=O)CCc4ccccc4)cc3)C(C)=O)cc2OC)cc1. The van der Waals surface area contributed by atoms with E-state index >= 15 is 0 Å². The Morgan fingerprint density at radius 1 is 0.740 bits per heavy atom. The lowest BCUT2D eigenvalue weighted by Crippen LogP contribution is -2.41. The predicted octanol–water partition coefficient (Wildman–Crippen LogP) is 7.77. The average molecular weight is 679 g/mol. The monoisotopic (exact) mass is 678 g/mol. The van der Waals surface area contributed by atoms with Gasteiger partial charge in [0.15, 0.2) is 17.3 Å². The Balaban J connectivity index is 1.29. The zero-order chi connectivity index (χ0) is 35.7. The molecule has 0 radical (unpaired) electrons. The number of amides is 2. The third-order valence-corrected chi connectivity index (χ3v) is 8.19. The second kappa shape index (κ2) is 19.5. The molecule has 0 saturated heterocycles. The zero-order valence-electron chi connectivity index (χ0n) is 29.0. The van der Waals surface area contributed by atoms with E-state index < -0.39 is 17.9 Å². The number of Topliss-reactive ketones (excluding diaryl/α,β-unsaturated/α-hetero) is 1.